The summed E-state index contributed by atoms with van der Waals surface area (Å²) in [6.45, 7) is 14.8. The van der Waals surface area contributed by atoms with Crippen LogP contribution >= 0.6 is 0 Å². The average molecular weight is 401 g/mol. The lowest BCUT2D eigenvalue weighted by Crippen LogP contribution is -2.52. The Morgan fingerprint density at radius 1 is 1.00 bits per heavy atom. The summed E-state index contributed by atoms with van der Waals surface area (Å²) in [5.74, 6) is 5.39. The van der Waals surface area contributed by atoms with E-state index in [1.165, 1.54) is 51.4 Å². The summed E-state index contributed by atoms with van der Waals surface area (Å²) in [5, 5.41) is 11.0. The number of fused-ring (bicyclic) bond motifs is 5. The molecule has 3 fully saturated rings. The van der Waals surface area contributed by atoms with Gasteiger partial charge in [-0.1, -0.05) is 66.0 Å². The second-order valence-electron chi connectivity index (χ2n) is 12.7. The van der Waals surface area contributed by atoms with Gasteiger partial charge in [0, 0.05) is 0 Å². The maximum atomic E-state index is 11.0. The summed E-state index contributed by atoms with van der Waals surface area (Å²) < 4.78 is 0. The molecule has 1 heteroatoms. The van der Waals surface area contributed by atoms with E-state index in [0.29, 0.717) is 10.8 Å². The maximum absolute atomic E-state index is 11.0. The van der Waals surface area contributed by atoms with Crippen molar-refractivity contribution < 1.29 is 5.11 Å². The van der Waals surface area contributed by atoms with Gasteiger partial charge < -0.3 is 5.11 Å². The molecule has 0 bridgehead atoms. The zero-order chi connectivity index (χ0) is 21.0. The van der Waals surface area contributed by atoms with Gasteiger partial charge in [-0.15, -0.1) is 0 Å². The lowest BCUT2D eigenvalue weighted by molar-refractivity contribution is -0.0755. The van der Waals surface area contributed by atoms with Gasteiger partial charge in [0.05, 0.1) is 5.60 Å². The van der Waals surface area contributed by atoms with Crippen molar-refractivity contribution in [2.24, 2.45) is 46.3 Å². The van der Waals surface area contributed by atoms with Crippen LogP contribution in [0.5, 0.6) is 0 Å². The largest absolute Gasteiger partial charge is 0.390 e. The van der Waals surface area contributed by atoms with Crippen LogP contribution in [-0.2, 0) is 0 Å². The van der Waals surface area contributed by atoms with E-state index in [0.717, 1.165) is 54.8 Å². The van der Waals surface area contributed by atoms with Crippen LogP contribution in [0, 0.1) is 46.3 Å². The number of rotatable bonds is 5. The van der Waals surface area contributed by atoms with Gasteiger partial charge in [0.25, 0.3) is 0 Å². The number of hydrogen-bond donors (Lipinski definition) is 1. The molecule has 4 rings (SSSR count). The first-order chi connectivity index (χ1) is 13.6. The van der Waals surface area contributed by atoms with E-state index < -0.39 is 5.60 Å². The van der Waals surface area contributed by atoms with E-state index in [1.54, 1.807) is 5.57 Å². The molecule has 4 aliphatic carbocycles. The monoisotopic (exact) mass is 400 g/mol. The highest BCUT2D eigenvalue weighted by molar-refractivity contribution is 5.27. The van der Waals surface area contributed by atoms with Gasteiger partial charge in [-0.05, 0) is 104 Å². The maximum Gasteiger partial charge on any atom is 0.0682 e. The molecule has 1 nitrogen and oxygen atoms in total. The highest BCUT2D eigenvalue weighted by atomic mass is 16.3. The zero-order valence-electron chi connectivity index (χ0n) is 20.3. The predicted molar refractivity (Wildman–Crippen MR) is 124 cm³/mol. The van der Waals surface area contributed by atoms with Gasteiger partial charge in [0.15, 0.2) is 0 Å². The molecule has 0 unspecified atom stereocenters. The quantitative estimate of drug-likeness (QED) is 0.467. The summed E-state index contributed by atoms with van der Waals surface area (Å²) in [7, 11) is 0. The van der Waals surface area contributed by atoms with Gasteiger partial charge >= 0.3 is 0 Å². The summed E-state index contributed by atoms with van der Waals surface area (Å²) in [4.78, 5) is 0. The third-order valence-corrected chi connectivity index (χ3v) is 10.9. The molecule has 29 heavy (non-hydrogen) atoms. The SMILES string of the molecule is CC[C@]1(O)CC[C@@]2(C)C(=CC[C@H]3[C@@H]4CC[C@H]([C@H](C)CCC(C)C)[C@@]4(C)CC[C@@H]32)C1. The first-order valence-corrected chi connectivity index (χ1v) is 13.0. The van der Waals surface area contributed by atoms with Crippen LogP contribution in [0.1, 0.15) is 112 Å². The molecule has 0 aromatic carbocycles. The lowest BCUT2D eigenvalue weighted by Gasteiger charge is -2.59. The summed E-state index contributed by atoms with van der Waals surface area (Å²) >= 11 is 0. The first-order valence-electron chi connectivity index (χ1n) is 13.0. The fraction of sp³-hybridized carbons (Fsp3) is 0.929. The standard InChI is InChI=1S/C28H48O/c1-7-28(29)17-16-26(5)21(18-28)10-11-22-24-13-12-23(20(4)9-8-19(2)3)27(24,6)15-14-25(22)26/h10,19-20,22-25,29H,7-9,11-18H2,1-6H3/t20-,22+,23-,24+,25+,26+,27-,28+/m1/s1. The normalized spacial score (nSPS) is 47.9. The highest BCUT2D eigenvalue weighted by Crippen LogP contribution is 2.67. The Bertz CT molecular complexity index is 634. The molecular weight excluding hydrogens is 352 g/mol. The minimum Gasteiger partial charge on any atom is -0.390 e. The van der Waals surface area contributed by atoms with E-state index in [4.69, 9.17) is 0 Å². The van der Waals surface area contributed by atoms with Crippen molar-refractivity contribution in [3.63, 3.8) is 0 Å². The molecule has 0 heterocycles. The fourth-order valence-electron chi connectivity index (χ4n) is 8.79. The number of aliphatic hydroxyl groups is 1. The van der Waals surface area contributed by atoms with Crippen LogP contribution in [0.3, 0.4) is 0 Å². The number of hydrogen-bond acceptors (Lipinski definition) is 1. The second kappa shape index (κ2) is 7.68. The van der Waals surface area contributed by atoms with Crippen molar-refractivity contribution in [3.8, 4) is 0 Å². The van der Waals surface area contributed by atoms with E-state index in [2.05, 4.69) is 47.6 Å². The van der Waals surface area contributed by atoms with Crippen molar-refractivity contribution in [2.75, 3.05) is 0 Å². The molecule has 4 aliphatic rings. The Labute approximate surface area is 181 Å². The van der Waals surface area contributed by atoms with Crippen LogP contribution in [0.15, 0.2) is 11.6 Å². The Morgan fingerprint density at radius 2 is 1.76 bits per heavy atom. The van der Waals surface area contributed by atoms with Crippen LogP contribution in [-0.4, -0.2) is 10.7 Å². The van der Waals surface area contributed by atoms with Crippen molar-refractivity contribution in [2.45, 2.75) is 118 Å². The molecular formula is C28H48O. The fourth-order valence-corrected chi connectivity index (χ4v) is 8.79. The third kappa shape index (κ3) is 3.56. The second-order valence-corrected chi connectivity index (χ2v) is 12.7. The average Bonchev–Trinajstić information content (AvgIpc) is 3.04. The lowest BCUT2D eigenvalue weighted by atomic mass is 9.46. The molecule has 0 aromatic heterocycles. The van der Waals surface area contributed by atoms with E-state index in [1.807, 2.05) is 0 Å². The van der Waals surface area contributed by atoms with Gasteiger partial charge in [-0.3, -0.25) is 0 Å². The van der Waals surface area contributed by atoms with Crippen LogP contribution in [0.25, 0.3) is 0 Å². The first kappa shape index (κ1) is 21.9. The summed E-state index contributed by atoms with van der Waals surface area (Å²) in [5.41, 5.74) is 2.15. The molecule has 0 saturated heterocycles. The Balaban J connectivity index is 1.54. The number of allylic oxidation sites excluding steroid dienone is 1. The van der Waals surface area contributed by atoms with E-state index in [9.17, 15) is 5.11 Å². The Kier molecular flexibility index (Phi) is 5.81. The molecule has 0 aliphatic heterocycles. The zero-order valence-corrected chi connectivity index (χ0v) is 20.3. The molecule has 166 valence electrons. The molecule has 1 N–H and O–H groups in total. The van der Waals surface area contributed by atoms with E-state index in [-0.39, 0.29) is 0 Å². The molecule has 3 saturated carbocycles. The van der Waals surface area contributed by atoms with Gasteiger partial charge in [-0.25, -0.2) is 0 Å². The predicted octanol–water partition coefficient (Wildman–Crippen LogP) is 7.78. The molecule has 0 aromatic rings. The molecule has 0 spiro atoms. The van der Waals surface area contributed by atoms with Crippen molar-refractivity contribution >= 4 is 0 Å². The van der Waals surface area contributed by atoms with Gasteiger partial charge in [0.1, 0.15) is 0 Å². The van der Waals surface area contributed by atoms with Crippen LogP contribution < -0.4 is 0 Å². The van der Waals surface area contributed by atoms with Crippen molar-refractivity contribution in [1.82, 2.24) is 0 Å². The topological polar surface area (TPSA) is 20.2 Å². The van der Waals surface area contributed by atoms with E-state index >= 15 is 0 Å². The Morgan fingerprint density at radius 3 is 2.45 bits per heavy atom. The molecule has 0 amide bonds. The molecule has 0 radical (unpaired) electrons. The third-order valence-electron chi connectivity index (χ3n) is 10.9. The smallest absolute Gasteiger partial charge is 0.0682 e. The summed E-state index contributed by atoms with van der Waals surface area (Å²) in [6, 6.07) is 0. The van der Waals surface area contributed by atoms with Gasteiger partial charge in [-0.2, -0.15) is 0 Å². The minimum atomic E-state index is -0.425. The van der Waals surface area contributed by atoms with Crippen molar-refractivity contribution in [3.05, 3.63) is 11.6 Å². The molecule has 8 atom stereocenters. The van der Waals surface area contributed by atoms with Crippen LogP contribution in [0.2, 0.25) is 0 Å². The van der Waals surface area contributed by atoms with Crippen molar-refractivity contribution in [1.29, 1.82) is 0 Å². The summed E-state index contributed by atoms with van der Waals surface area (Å²) in [6.07, 6.45) is 16.7. The highest BCUT2D eigenvalue weighted by Gasteiger charge is 2.59. The minimum absolute atomic E-state index is 0.368. The Hall–Kier alpha value is -0.300. The van der Waals surface area contributed by atoms with Crippen LogP contribution in [0.4, 0.5) is 0 Å². The van der Waals surface area contributed by atoms with Gasteiger partial charge in [0.2, 0.25) is 0 Å².